The van der Waals surface area contributed by atoms with Crippen LogP contribution >= 0.6 is 0 Å². The van der Waals surface area contributed by atoms with Crippen LogP contribution in [-0.2, 0) is 34.7 Å². The number of Topliss-reactive ketones (excluding diaryl/α,β-unsaturated/α-hetero) is 1. The molecule has 12 heteroatoms. The second kappa shape index (κ2) is 13.3. The van der Waals surface area contributed by atoms with Crippen LogP contribution < -0.4 is 4.90 Å². The molecule has 0 bridgehead atoms. The zero-order valence-corrected chi connectivity index (χ0v) is 27.1. The number of morpholine rings is 1. The summed E-state index contributed by atoms with van der Waals surface area (Å²) in [5.41, 5.74) is -0.887. The predicted molar refractivity (Wildman–Crippen MR) is 173 cm³/mol. The average molecular weight is 651 g/mol. The first-order valence-corrected chi connectivity index (χ1v) is 17.8. The Bertz CT molecular complexity index is 1630. The molecule has 0 aliphatic carbocycles. The number of carbonyl (C=O) groups excluding carboxylic acids is 3. The van der Waals surface area contributed by atoms with E-state index in [2.05, 4.69) is 4.90 Å². The number of anilines is 1. The minimum absolute atomic E-state index is 0.0808. The van der Waals surface area contributed by atoms with Gasteiger partial charge in [0.2, 0.25) is 10.0 Å². The van der Waals surface area contributed by atoms with Crippen LogP contribution in [0, 0.1) is 0 Å². The van der Waals surface area contributed by atoms with Gasteiger partial charge in [0, 0.05) is 56.9 Å². The fourth-order valence-corrected chi connectivity index (χ4v) is 8.68. The normalized spacial score (nSPS) is 23.9. The van der Waals surface area contributed by atoms with E-state index >= 15 is 0 Å². The van der Waals surface area contributed by atoms with Crippen molar-refractivity contribution < 1.29 is 32.6 Å². The molecule has 3 saturated heterocycles. The van der Waals surface area contributed by atoms with Crippen LogP contribution in [0.5, 0.6) is 0 Å². The Morgan fingerprint density at radius 1 is 0.870 bits per heavy atom. The number of sulfonamides is 1. The molecule has 3 fully saturated rings. The molecule has 246 valence electrons. The van der Waals surface area contributed by atoms with Crippen LogP contribution in [0.25, 0.3) is 5.76 Å². The van der Waals surface area contributed by atoms with Crippen molar-refractivity contribution in [1.82, 2.24) is 14.1 Å². The number of fused-ring (bicyclic) bond motifs is 2. The van der Waals surface area contributed by atoms with Crippen molar-refractivity contribution in [2.24, 2.45) is 0 Å². The van der Waals surface area contributed by atoms with Crippen LogP contribution in [0.3, 0.4) is 0 Å². The number of unbranched alkanes of at least 4 members (excludes halogenated alkanes) is 1. The summed E-state index contributed by atoms with van der Waals surface area (Å²) in [6.07, 6.45) is 4.66. The zero-order chi connectivity index (χ0) is 32.5. The summed E-state index contributed by atoms with van der Waals surface area (Å²) in [6, 6.07) is 12.8. The monoisotopic (exact) mass is 650 g/mol. The van der Waals surface area contributed by atoms with E-state index < -0.39 is 38.9 Å². The van der Waals surface area contributed by atoms with E-state index in [1.54, 1.807) is 17.0 Å². The second-order valence-corrected chi connectivity index (χ2v) is 14.3. The molecular weight excluding hydrogens is 608 g/mol. The number of piperidine rings is 1. The highest BCUT2D eigenvalue weighted by Crippen LogP contribution is 2.53. The second-order valence-electron chi connectivity index (χ2n) is 12.3. The Labute approximate surface area is 270 Å². The van der Waals surface area contributed by atoms with Gasteiger partial charge in [-0.25, -0.2) is 8.42 Å². The summed E-state index contributed by atoms with van der Waals surface area (Å²) in [6.45, 7) is 6.90. The Morgan fingerprint density at radius 3 is 2.26 bits per heavy atom. The largest absolute Gasteiger partial charge is 0.507 e. The van der Waals surface area contributed by atoms with Gasteiger partial charge in [0.05, 0.1) is 29.4 Å². The minimum Gasteiger partial charge on any atom is -0.507 e. The first kappa shape index (κ1) is 32.4. The Morgan fingerprint density at radius 2 is 1.57 bits per heavy atom. The van der Waals surface area contributed by atoms with Crippen LogP contribution in [0.4, 0.5) is 5.69 Å². The number of ketones is 1. The van der Waals surface area contributed by atoms with Gasteiger partial charge in [-0.2, -0.15) is 4.31 Å². The Hall–Kier alpha value is -3.58. The van der Waals surface area contributed by atoms with Crippen LogP contribution in [-0.4, -0.2) is 104 Å². The van der Waals surface area contributed by atoms with Crippen molar-refractivity contribution >= 4 is 39.1 Å². The molecule has 4 aliphatic heterocycles. The van der Waals surface area contributed by atoms with Crippen LogP contribution in [0.15, 0.2) is 59.0 Å². The summed E-state index contributed by atoms with van der Waals surface area (Å²) in [4.78, 5) is 47.8. The summed E-state index contributed by atoms with van der Waals surface area (Å²) < 4.78 is 33.5. The summed E-state index contributed by atoms with van der Waals surface area (Å²) in [7, 11) is -3.72. The number of likely N-dealkylation sites (tertiary alicyclic amines) is 1. The van der Waals surface area contributed by atoms with Crippen LogP contribution in [0.1, 0.15) is 56.6 Å². The third-order valence-electron chi connectivity index (χ3n) is 9.58. The molecular formula is C34H42N4O7S. The van der Waals surface area contributed by atoms with Gasteiger partial charge < -0.3 is 19.6 Å². The van der Waals surface area contributed by atoms with Gasteiger partial charge >= 0.3 is 0 Å². The molecule has 11 nitrogen and oxygen atoms in total. The van der Waals surface area contributed by atoms with E-state index in [1.807, 2.05) is 19.1 Å². The summed E-state index contributed by atoms with van der Waals surface area (Å²) >= 11 is 0. The molecule has 6 rings (SSSR count). The first-order valence-electron chi connectivity index (χ1n) is 16.3. The molecule has 1 N–H and O–H groups in total. The predicted octanol–water partition coefficient (Wildman–Crippen LogP) is 3.31. The molecule has 4 aliphatic rings. The van der Waals surface area contributed by atoms with E-state index in [-0.39, 0.29) is 22.6 Å². The number of para-hydroxylation sites is 1. The number of carbonyl (C=O) groups is 3. The number of nitrogens with zero attached hydrogens (tertiary/aromatic N) is 4. The lowest BCUT2D eigenvalue weighted by Gasteiger charge is -2.35. The van der Waals surface area contributed by atoms with Gasteiger partial charge in [-0.1, -0.05) is 38.0 Å². The Kier molecular flexibility index (Phi) is 9.33. The number of rotatable bonds is 10. The minimum atomic E-state index is -3.72. The molecule has 0 aromatic heterocycles. The van der Waals surface area contributed by atoms with Gasteiger partial charge in [-0.3, -0.25) is 19.3 Å². The highest BCUT2D eigenvalue weighted by atomic mass is 32.2. The van der Waals surface area contributed by atoms with E-state index in [0.29, 0.717) is 63.5 Å². The number of ether oxygens (including phenoxy) is 1. The number of benzene rings is 2. The Balaban J connectivity index is 1.43. The molecule has 2 amide bonds. The molecule has 1 spiro atoms. The molecule has 4 heterocycles. The summed E-state index contributed by atoms with van der Waals surface area (Å²) in [5.74, 6) is -2.72. The fourth-order valence-electron chi connectivity index (χ4n) is 7.17. The third kappa shape index (κ3) is 5.44. The number of amides is 2. The standard InChI is InChI=1S/C34H42N4O7S/c1-2-3-19-37-28-11-6-5-10-27(28)34(33(37)42)29(31(40)32(41)38(34)20-9-16-35-21-23-45-24-22-35)30(39)25-12-14-26(15-13-25)46(43,44)36-17-7-4-8-18-36/h5-6,10-15,39H,2-4,7-9,16-24H2,1H3/b30-29+. The smallest absolute Gasteiger partial charge is 0.296 e. The highest BCUT2D eigenvalue weighted by Gasteiger charge is 2.66. The van der Waals surface area contributed by atoms with Crippen molar-refractivity contribution in [1.29, 1.82) is 0 Å². The maximum Gasteiger partial charge on any atom is 0.296 e. The van der Waals surface area contributed by atoms with Crippen molar-refractivity contribution in [2.75, 3.05) is 63.9 Å². The van der Waals surface area contributed by atoms with Gasteiger partial charge in [0.1, 0.15) is 5.76 Å². The SMILES string of the molecule is CCCCN1C(=O)C2(/C(=C(/O)c3ccc(S(=O)(=O)N4CCCCC4)cc3)C(=O)C(=O)N2CCCN2CCOCC2)c2ccccc21. The van der Waals surface area contributed by atoms with E-state index in [0.717, 1.165) is 38.8 Å². The van der Waals surface area contributed by atoms with Gasteiger partial charge in [0.25, 0.3) is 17.6 Å². The van der Waals surface area contributed by atoms with Gasteiger partial charge in [-0.05, 0) is 56.0 Å². The fraction of sp³-hybridized carbons (Fsp3) is 0.500. The quantitative estimate of drug-likeness (QED) is 0.236. The molecule has 0 saturated carbocycles. The van der Waals surface area contributed by atoms with Gasteiger partial charge in [0.15, 0.2) is 5.54 Å². The van der Waals surface area contributed by atoms with E-state index in [4.69, 9.17) is 4.74 Å². The van der Waals surface area contributed by atoms with E-state index in [1.165, 1.54) is 33.5 Å². The van der Waals surface area contributed by atoms with Crippen molar-refractivity contribution in [3.05, 3.63) is 65.2 Å². The van der Waals surface area contributed by atoms with Crippen LogP contribution in [0.2, 0.25) is 0 Å². The van der Waals surface area contributed by atoms with Crippen molar-refractivity contribution in [2.45, 2.75) is 55.9 Å². The molecule has 1 unspecified atom stereocenters. The molecule has 0 radical (unpaired) electrons. The highest BCUT2D eigenvalue weighted by molar-refractivity contribution is 7.89. The lowest BCUT2D eigenvalue weighted by molar-refractivity contribution is -0.143. The number of hydrogen-bond acceptors (Lipinski definition) is 8. The lowest BCUT2D eigenvalue weighted by atomic mass is 9.82. The maximum absolute atomic E-state index is 14.7. The third-order valence-corrected chi connectivity index (χ3v) is 11.5. The van der Waals surface area contributed by atoms with Crippen molar-refractivity contribution in [3.8, 4) is 0 Å². The first-order chi connectivity index (χ1) is 22.2. The zero-order valence-electron chi connectivity index (χ0n) is 26.3. The molecule has 2 aromatic carbocycles. The number of aliphatic hydroxyl groups is 1. The van der Waals surface area contributed by atoms with Gasteiger partial charge in [-0.15, -0.1) is 0 Å². The molecule has 1 atom stereocenters. The maximum atomic E-state index is 14.7. The summed E-state index contributed by atoms with van der Waals surface area (Å²) in [5, 5.41) is 11.9. The lowest BCUT2D eigenvalue weighted by Crippen LogP contribution is -2.52. The van der Waals surface area contributed by atoms with Crippen molar-refractivity contribution in [3.63, 3.8) is 0 Å². The molecule has 2 aromatic rings. The molecule has 46 heavy (non-hydrogen) atoms. The average Bonchev–Trinajstić information content (AvgIpc) is 3.46. The number of aliphatic hydroxyl groups excluding tert-OH is 1. The number of hydrogen-bond donors (Lipinski definition) is 1. The topological polar surface area (TPSA) is 128 Å². The van der Waals surface area contributed by atoms with E-state index in [9.17, 15) is 27.9 Å².